The molecule has 1 atom stereocenters. The Morgan fingerprint density at radius 3 is 2.93 bits per heavy atom. The number of benzene rings is 2. The maximum absolute atomic E-state index is 12.7. The molecule has 1 aliphatic heterocycles. The molecule has 0 bridgehead atoms. The molecule has 1 unspecified atom stereocenters. The van der Waals surface area contributed by atoms with Gasteiger partial charge in [0.05, 0.1) is 22.7 Å². The van der Waals surface area contributed by atoms with Crippen LogP contribution >= 0.6 is 23.2 Å². The first-order valence-corrected chi connectivity index (χ1v) is 10.7. The van der Waals surface area contributed by atoms with Crippen LogP contribution < -0.4 is 4.74 Å². The Kier molecular flexibility index (Phi) is 6.26. The van der Waals surface area contributed by atoms with Gasteiger partial charge in [-0.05, 0) is 49.6 Å². The second-order valence-electron chi connectivity index (χ2n) is 7.34. The fourth-order valence-electron chi connectivity index (χ4n) is 3.75. The molecule has 152 valence electrons. The van der Waals surface area contributed by atoms with E-state index in [-0.39, 0.29) is 11.8 Å². The maximum atomic E-state index is 12.7. The van der Waals surface area contributed by atoms with Crippen molar-refractivity contribution in [1.29, 1.82) is 0 Å². The summed E-state index contributed by atoms with van der Waals surface area (Å²) < 4.78 is 5.68. The zero-order valence-corrected chi connectivity index (χ0v) is 17.5. The molecule has 1 saturated heterocycles. The Morgan fingerprint density at radius 2 is 2.10 bits per heavy atom. The largest absolute Gasteiger partial charge is 0.492 e. The topological polar surface area (TPSA) is 58.2 Å². The van der Waals surface area contributed by atoms with Crippen LogP contribution in [0.5, 0.6) is 5.75 Å². The summed E-state index contributed by atoms with van der Waals surface area (Å²) >= 11 is 12.0. The van der Waals surface area contributed by atoms with Gasteiger partial charge >= 0.3 is 0 Å². The average molecular weight is 432 g/mol. The number of hydrogen-bond donors (Lipinski definition) is 1. The molecule has 4 rings (SSSR count). The van der Waals surface area contributed by atoms with Crippen LogP contribution in [0.25, 0.3) is 11.0 Å². The Balaban J connectivity index is 1.28. The van der Waals surface area contributed by atoms with Crippen LogP contribution in [0, 0.1) is 0 Å². The summed E-state index contributed by atoms with van der Waals surface area (Å²) in [6.45, 7) is 1.95. The van der Waals surface area contributed by atoms with Gasteiger partial charge in [-0.1, -0.05) is 35.3 Å². The normalized spacial score (nSPS) is 16.9. The Hall–Kier alpha value is -2.24. The summed E-state index contributed by atoms with van der Waals surface area (Å²) in [4.78, 5) is 22.8. The van der Waals surface area contributed by atoms with Crippen molar-refractivity contribution in [2.75, 3.05) is 19.7 Å². The van der Waals surface area contributed by atoms with E-state index in [0.717, 1.165) is 36.2 Å². The number of likely N-dealkylation sites (tertiary alicyclic amines) is 1. The van der Waals surface area contributed by atoms with E-state index in [4.69, 9.17) is 32.9 Å². The summed E-state index contributed by atoms with van der Waals surface area (Å²) in [5.41, 5.74) is 2.02. The molecule has 0 radical (unpaired) electrons. The summed E-state index contributed by atoms with van der Waals surface area (Å²) in [6, 6.07) is 13.2. The number of halogens is 2. The third-order valence-corrected chi connectivity index (χ3v) is 5.79. The number of ether oxygens (including phenoxy) is 1. The number of aromatic nitrogens is 2. The lowest BCUT2D eigenvalue weighted by Gasteiger charge is -2.32. The zero-order chi connectivity index (χ0) is 20.2. The first-order valence-electron chi connectivity index (χ1n) is 9.90. The number of carbonyl (C=O) groups is 1. The number of nitrogens with one attached hydrogen (secondary N) is 1. The predicted octanol–water partition coefficient (Wildman–Crippen LogP) is 5.43. The van der Waals surface area contributed by atoms with Crippen LogP contribution in [0.3, 0.4) is 0 Å². The van der Waals surface area contributed by atoms with E-state index in [1.807, 2.05) is 29.2 Å². The minimum atomic E-state index is 0.164. The Bertz CT molecular complexity index is 972. The van der Waals surface area contributed by atoms with Crippen molar-refractivity contribution in [3.8, 4) is 5.75 Å². The number of para-hydroxylation sites is 2. The first-order chi connectivity index (χ1) is 14.1. The van der Waals surface area contributed by atoms with E-state index < -0.39 is 0 Å². The van der Waals surface area contributed by atoms with Gasteiger partial charge in [0.2, 0.25) is 5.91 Å². The lowest BCUT2D eigenvalue weighted by Crippen LogP contribution is -2.39. The smallest absolute Gasteiger partial charge is 0.222 e. The third kappa shape index (κ3) is 4.85. The third-order valence-electron chi connectivity index (χ3n) is 5.25. The maximum Gasteiger partial charge on any atom is 0.222 e. The number of amides is 1. The molecule has 5 nitrogen and oxygen atoms in total. The minimum Gasteiger partial charge on any atom is -0.492 e. The molecular formula is C22H23Cl2N3O2. The molecule has 1 fully saturated rings. The van der Waals surface area contributed by atoms with Gasteiger partial charge in [0, 0.05) is 30.5 Å². The van der Waals surface area contributed by atoms with Gasteiger partial charge in [-0.3, -0.25) is 4.79 Å². The van der Waals surface area contributed by atoms with Gasteiger partial charge in [0.15, 0.2) is 0 Å². The summed E-state index contributed by atoms with van der Waals surface area (Å²) in [7, 11) is 0. The number of piperidine rings is 1. The highest BCUT2D eigenvalue weighted by atomic mass is 35.5. The fraction of sp³-hybridized carbons (Fsp3) is 0.364. The number of imidazole rings is 1. The quantitative estimate of drug-likeness (QED) is 0.528. The monoisotopic (exact) mass is 431 g/mol. The molecule has 0 saturated carbocycles. The minimum absolute atomic E-state index is 0.164. The van der Waals surface area contributed by atoms with Gasteiger partial charge in [0.25, 0.3) is 0 Å². The molecule has 0 aliphatic carbocycles. The van der Waals surface area contributed by atoms with E-state index in [1.165, 1.54) is 0 Å². The molecular weight excluding hydrogens is 409 g/mol. The Morgan fingerprint density at radius 1 is 1.24 bits per heavy atom. The standard InChI is InChI=1S/C22H23Cl2N3O2/c23-16-9-10-20(17(24)13-16)29-12-4-8-21(28)27-11-3-5-15(14-27)22-25-18-6-1-2-7-19(18)26-22/h1-2,6-7,9-10,13,15H,3-5,8,11-12,14H2,(H,25,26). The SMILES string of the molecule is O=C(CCCOc1ccc(Cl)cc1Cl)N1CCCC(c2nc3ccccc3[nH]2)C1. The fourth-order valence-corrected chi connectivity index (χ4v) is 4.21. The second-order valence-corrected chi connectivity index (χ2v) is 8.19. The number of hydrogen-bond acceptors (Lipinski definition) is 3. The molecule has 0 spiro atoms. The highest BCUT2D eigenvalue weighted by Crippen LogP contribution is 2.28. The molecule has 29 heavy (non-hydrogen) atoms. The molecule has 1 aromatic heterocycles. The van der Waals surface area contributed by atoms with Crippen molar-refractivity contribution in [3.05, 3.63) is 58.3 Å². The highest BCUT2D eigenvalue weighted by Gasteiger charge is 2.26. The summed E-state index contributed by atoms with van der Waals surface area (Å²) in [5.74, 6) is 1.98. The molecule has 3 aromatic rings. The number of carbonyl (C=O) groups excluding carboxylic acids is 1. The summed E-state index contributed by atoms with van der Waals surface area (Å²) in [5, 5.41) is 1.05. The van der Waals surface area contributed by atoms with E-state index in [2.05, 4.69) is 4.98 Å². The number of fused-ring (bicyclic) bond motifs is 1. The lowest BCUT2D eigenvalue weighted by atomic mass is 9.97. The molecule has 1 aliphatic rings. The van der Waals surface area contributed by atoms with Crippen molar-refractivity contribution in [3.63, 3.8) is 0 Å². The average Bonchev–Trinajstić information content (AvgIpc) is 3.17. The van der Waals surface area contributed by atoms with E-state index in [1.54, 1.807) is 18.2 Å². The van der Waals surface area contributed by atoms with Gasteiger partial charge < -0.3 is 14.6 Å². The van der Waals surface area contributed by atoms with E-state index in [9.17, 15) is 4.79 Å². The van der Waals surface area contributed by atoms with E-state index in [0.29, 0.717) is 41.8 Å². The number of rotatable bonds is 6. The van der Waals surface area contributed by atoms with Crippen LogP contribution in [0.2, 0.25) is 10.0 Å². The van der Waals surface area contributed by atoms with Crippen LogP contribution in [-0.2, 0) is 4.79 Å². The van der Waals surface area contributed by atoms with Gasteiger partial charge in [-0.15, -0.1) is 0 Å². The van der Waals surface area contributed by atoms with Crippen LogP contribution in [-0.4, -0.2) is 40.5 Å². The predicted molar refractivity (Wildman–Crippen MR) is 116 cm³/mol. The van der Waals surface area contributed by atoms with Crippen LogP contribution in [0.4, 0.5) is 0 Å². The van der Waals surface area contributed by atoms with Crippen molar-refractivity contribution >= 4 is 40.1 Å². The number of H-pyrrole nitrogens is 1. The lowest BCUT2D eigenvalue weighted by molar-refractivity contribution is -0.132. The van der Waals surface area contributed by atoms with Crippen molar-refractivity contribution in [1.82, 2.24) is 14.9 Å². The molecule has 2 aromatic carbocycles. The molecule has 1 N–H and O–H groups in total. The zero-order valence-electron chi connectivity index (χ0n) is 16.0. The Labute approximate surface area is 180 Å². The number of nitrogens with zero attached hydrogens (tertiary/aromatic N) is 2. The van der Waals surface area contributed by atoms with Gasteiger partial charge in [-0.25, -0.2) is 4.98 Å². The number of aromatic amines is 1. The van der Waals surface area contributed by atoms with Crippen molar-refractivity contribution in [2.45, 2.75) is 31.6 Å². The molecule has 2 heterocycles. The van der Waals surface area contributed by atoms with Crippen LogP contribution in [0.1, 0.15) is 37.4 Å². The first kappa shape index (κ1) is 20.0. The van der Waals surface area contributed by atoms with Gasteiger partial charge in [-0.2, -0.15) is 0 Å². The van der Waals surface area contributed by atoms with E-state index >= 15 is 0 Å². The highest BCUT2D eigenvalue weighted by molar-refractivity contribution is 6.35. The van der Waals surface area contributed by atoms with Gasteiger partial charge in [0.1, 0.15) is 11.6 Å². The second kappa shape index (κ2) is 9.06. The van der Waals surface area contributed by atoms with Crippen LogP contribution in [0.15, 0.2) is 42.5 Å². The molecule has 7 heteroatoms. The molecule has 1 amide bonds. The van der Waals surface area contributed by atoms with Crippen molar-refractivity contribution < 1.29 is 9.53 Å². The van der Waals surface area contributed by atoms with Crippen molar-refractivity contribution in [2.24, 2.45) is 0 Å². The summed E-state index contributed by atoms with van der Waals surface area (Å²) in [6.07, 6.45) is 3.13.